The molecule has 1 aliphatic rings. The van der Waals surface area contributed by atoms with Crippen LogP contribution in [-0.2, 0) is 17.7 Å². The fourth-order valence-corrected chi connectivity index (χ4v) is 2.54. The summed E-state index contributed by atoms with van der Waals surface area (Å²) in [6.45, 7) is 3.84. The van der Waals surface area contributed by atoms with E-state index in [0.717, 1.165) is 25.3 Å². The van der Waals surface area contributed by atoms with Crippen molar-refractivity contribution >= 4 is 5.97 Å². The van der Waals surface area contributed by atoms with E-state index >= 15 is 0 Å². The number of aromatic amines is 1. The van der Waals surface area contributed by atoms with Gasteiger partial charge in [0.15, 0.2) is 0 Å². The summed E-state index contributed by atoms with van der Waals surface area (Å²) in [7, 11) is 1.35. The fraction of sp³-hybridized carbons (Fsp3) is 0.429. The van der Waals surface area contributed by atoms with Gasteiger partial charge in [0.2, 0.25) is 5.76 Å². The summed E-state index contributed by atoms with van der Waals surface area (Å²) >= 11 is 0. The number of ether oxygens (including phenoxy) is 1. The van der Waals surface area contributed by atoms with E-state index in [0.29, 0.717) is 0 Å². The number of methoxy groups -OCH3 is 1. The van der Waals surface area contributed by atoms with Gasteiger partial charge in [0.25, 0.3) is 0 Å². The lowest BCUT2D eigenvalue weighted by atomic mass is 10.1. The predicted molar refractivity (Wildman–Crippen MR) is 71.2 cm³/mol. The molecule has 6 nitrogen and oxygen atoms in total. The van der Waals surface area contributed by atoms with Gasteiger partial charge in [0, 0.05) is 30.8 Å². The van der Waals surface area contributed by atoms with Gasteiger partial charge in [0.1, 0.15) is 5.76 Å². The summed E-state index contributed by atoms with van der Waals surface area (Å²) in [5, 5.41) is 7.09. The van der Waals surface area contributed by atoms with Gasteiger partial charge in [-0.1, -0.05) is 0 Å². The van der Waals surface area contributed by atoms with Crippen LogP contribution in [0.2, 0.25) is 0 Å². The minimum Gasteiger partial charge on any atom is -0.463 e. The Kier molecular flexibility index (Phi) is 3.31. The van der Waals surface area contributed by atoms with E-state index in [9.17, 15) is 4.79 Å². The number of carbonyl (C=O) groups is 1. The second kappa shape index (κ2) is 5.13. The van der Waals surface area contributed by atoms with Crippen molar-refractivity contribution < 1.29 is 13.9 Å². The number of rotatable bonds is 3. The molecule has 6 heteroatoms. The first kappa shape index (κ1) is 12.9. The highest BCUT2D eigenvalue weighted by molar-refractivity contribution is 5.86. The van der Waals surface area contributed by atoms with Crippen molar-refractivity contribution in [2.75, 3.05) is 13.7 Å². The first-order valence-corrected chi connectivity index (χ1v) is 6.62. The molecule has 0 saturated carbocycles. The zero-order valence-electron chi connectivity index (χ0n) is 11.5. The smallest absolute Gasteiger partial charge is 0.373 e. The molecule has 106 valence electrons. The summed E-state index contributed by atoms with van der Waals surface area (Å²) in [4.78, 5) is 13.7. The van der Waals surface area contributed by atoms with Crippen LogP contribution in [0.1, 0.15) is 40.5 Å². The molecule has 1 aliphatic heterocycles. The molecular weight excluding hydrogens is 258 g/mol. The van der Waals surface area contributed by atoms with Crippen molar-refractivity contribution in [2.45, 2.75) is 25.9 Å². The van der Waals surface area contributed by atoms with E-state index in [1.54, 1.807) is 6.07 Å². The molecule has 0 spiro atoms. The van der Waals surface area contributed by atoms with E-state index in [1.165, 1.54) is 18.4 Å². The number of furan rings is 1. The first-order valence-electron chi connectivity index (χ1n) is 6.62. The number of H-pyrrole nitrogens is 1. The third-order valence-electron chi connectivity index (χ3n) is 3.80. The van der Waals surface area contributed by atoms with Crippen LogP contribution in [0.25, 0.3) is 0 Å². The highest BCUT2D eigenvalue weighted by atomic mass is 16.5. The largest absolute Gasteiger partial charge is 0.463 e. The zero-order valence-corrected chi connectivity index (χ0v) is 11.5. The Balaban J connectivity index is 1.75. The average Bonchev–Trinajstić information content (AvgIpc) is 3.13. The number of hydrogen-bond acceptors (Lipinski definition) is 5. The molecule has 1 N–H and O–H groups in total. The number of aromatic nitrogens is 2. The van der Waals surface area contributed by atoms with Gasteiger partial charge in [-0.15, -0.1) is 0 Å². The van der Waals surface area contributed by atoms with E-state index in [4.69, 9.17) is 4.42 Å². The van der Waals surface area contributed by atoms with E-state index in [1.807, 2.05) is 12.3 Å². The van der Waals surface area contributed by atoms with Crippen LogP contribution in [0.15, 0.2) is 22.7 Å². The van der Waals surface area contributed by atoms with E-state index < -0.39 is 5.97 Å². The maximum absolute atomic E-state index is 11.4. The third kappa shape index (κ3) is 2.22. The van der Waals surface area contributed by atoms with Crippen molar-refractivity contribution in [1.82, 2.24) is 15.1 Å². The second-order valence-corrected chi connectivity index (χ2v) is 4.96. The highest BCUT2D eigenvalue weighted by Crippen LogP contribution is 2.27. The molecule has 2 aromatic heterocycles. The van der Waals surface area contributed by atoms with E-state index in [-0.39, 0.29) is 11.8 Å². The van der Waals surface area contributed by atoms with Crippen LogP contribution in [0, 0.1) is 0 Å². The van der Waals surface area contributed by atoms with Crippen molar-refractivity contribution in [3.63, 3.8) is 0 Å². The van der Waals surface area contributed by atoms with Crippen molar-refractivity contribution in [3.05, 3.63) is 41.1 Å². The Bertz CT molecular complexity index is 617. The summed E-state index contributed by atoms with van der Waals surface area (Å²) in [6.07, 6.45) is 2.82. The molecule has 0 saturated heterocycles. The maximum atomic E-state index is 11.4. The predicted octanol–water partition coefficient (Wildman–Crippen LogP) is 1.91. The fourth-order valence-electron chi connectivity index (χ4n) is 2.54. The first-order chi connectivity index (χ1) is 9.69. The van der Waals surface area contributed by atoms with Crippen LogP contribution >= 0.6 is 0 Å². The molecule has 0 aliphatic carbocycles. The second-order valence-electron chi connectivity index (χ2n) is 4.96. The van der Waals surface area contributed by atoms with Crippen molar-refractivity contribution in [3.8, 4) is 0 Å². The van der Waals surface area contributed by atoms with Gasteiger partial charge >= 0.3 is 5.97 Å². The number of carbonyl (C=O) groups excluding carboxylic acids is 1. The molecular formula is C14H17N3O3. The molecule has 1 unspecified atom stereocenters. The molecule has 1 atom stereocenters. The standard InChI is InChI=1S/C14H17N3O3/c1-9(12-3-4-13(20-12)14(18)19-2)17-6-5-11-10(8-17)7-15-16-11/h3-4,7,9H,5-6,8H2,1-2H3,(H,15,16). The Morgan fingerprint density at radius 3 is 3.20 bits per heavy atom. The number of hydrogen-bond donors (Lipinski definition) is 1. The van der Waals surface area contributed by atoms with Crippen LogP contribution in [0.4, 0.5) is 0 Å². The van der Waals surface area contributed by atoms with Gasteiger partial charge in [-0.05, 0) is 19.1 Å². The minimum atomic E-state index is -0.445. The molecule has 0 fully saturated rings. The lowest BCUT2D eigenvalue weighted by Gasteiger charge is -2.30. The third-order valence-corrected chi connectivity index (χ3v) is 3.80. The number of nitrogens with zero attached hydrogens (tertiary/aromatic N) is 2. The molecule has 0 radical (unpaired) electrons. The van der Waals surface area contributed by atoms with Gasteiger partial charge in [0.05, 0.1) is 19.3 Å². The van der Waals surface area contributed by atoms with Crippen LogP contribution in [-0.4, -0.2) is 34.7 Å². The molecule has 0 bridgehead atoms. The summed E-state index contributed by atoms with van der Waals surface area (Å²) < 4.78 is 10.2. The normalized spacial score (nSPS) is 16.7. The Labute approximate surface area is 116 Å². The van der Waals surface area contributed by atoms with Crippen LogP contribution < -0.4 is 0 Å². The zero-order chi connectivity index (χ0) is 14.1. The lowest BCUT2D eigenvalue weighted by Crippen LogP contribution is -2.32. The summed E-state index contributed by atoms with van der Waals surface area (Å²) in [5.41, 5.74) is 2.44. The highest BCUT2D eigenvalue weighted by Gasteiger charge is 2.25. The van der Waals surface area contributed by atoms with Crippen LogP contribution in [0.5, 0.6) is 0 Å². The molecule has 3 heterocycles. The van der Waals surface area contributed by atoms with Crippen molar-refractivity contribution in [1.29, 1.82) is 0 Å². The Morgan fingerprint density at radius 2 is 2.40 bits per heavy atom. The monoisotopic (exact) mass is 275 g/mol. The SMILES string of the molecule is COC(=O)c1ccc(C(C)N2CCc3[nH]ncc3C2)o1. The van der Waals surface area contributed by atoms with Crippen molar-refractivity contribution in [2.24, 2.45) is 0 Å². The van der Waals surface area contributed by atoms with Crippen LogP contribution in [0.3, 0.4) is 0 Å². The minimum absolute atomic E-state index is 0.108. The van der Waals surface area contributed by atoms with Gasteiger partial charge in [-0.2, -0.15) is 5.10 Å². The van der Waals surface area contributed by atoms with Gasteiger partial charge in [-0.25, -0.2) is 4.79 Å². The summed E-state index contributed by atoms with van der Waals surface area (Å²) in [5.74, 6) is 0.576. The number of nitrogens with one attached hydrogen (secondary N) is 1. The van der Waals surface area contributed by atoms with Gasteiger partial charge in [-0.3, -0.25) is 10.00 Å². The summed E-state index contributed by atoms with van der Waals surface area (Å²) in [6, 6.07) is 3.60. The molecule has 20 heavy (non-hydrogen) atoms. The molecule has 2 aromatic rings. The quantitative estimate of drug-likeness (QED) is 0.866. The topological polar surface area (TPSA) is 71.4 Å². The Hall–Kier alpha value is -2.08. The average molecular weight is 275 g/mol. The lowest BCUT2D eigenvalue weighted by molar-refractivity contribution is 0.0558. The maximum Gasteiger partial charge on any atom is 0.373 e. The number of fused-ring (bicyclic) bond motifs is 1. The molecule has 3 rings (SSSR count). The van der Waals surface area contributed by atoms with Gasteiger partial charge < -0.3 is 9.15 Å². The number of esters is 1. The van der Waals surface area contributed by atoms with E-state index in [2.05, 4.69) is 26.8 Å². The molecule has 0 amide bonds. The Morgan fingerprint density at radius 1 is 1.55 bits per heavy atom. The molecule has 0 aromatic carbocycles.